The molecule has 2 saturated carbocycles. The molecule has 2 aliphatic heterocycles. The minimum absolute atomic E-state index is 0.342. The van der Waals surface area contributed by atoms with E-state index in [0.717, 1.165) is 6.61 Å². The van der Waals surface area contributed by atoms with Gasteiger partial charge in [0.1, 0.15) is 5.72 Å². The Morgan fingerprint density at radius 1 is 1.43 bits per heavy atom. The third-order valence-electron chi connectivity index (χ3n) is 4.80. The zero-order valence-corrected chi connectivity index (χ0v) is 8.62. The number of piperidine rings is 1. The van der Waals surface area contributed by atoms with Gasteiger partial charge >= 0.3 is 0 Å². The average molecular weight is 193 g/mol. The Hall–Kier alpha value is -0.570. The van der Waals surface area contributed by atoms with E-state index in [1.54, 1.807) is 0 Å². The summed E-state index contributed by atoms with van der Waals surface area (Å²) < 4.78 is 5.70. The molecule has 2 saturated heterocycles. The second kappa shape index (κ2) is 1.75. The summed E-state index contributed by atoms with van der Waals surface area (Å²) in [5, 5.41) is 0. The van der Waals surface area contributed by atoms with Crippen molar-refractivity contribution in [3.8, 4) is 0 Å². The van der Waals surface area contributed by atoms with Gasteiger partial charge in [0.25, 0.3) is 0 Å². The Labute approximate surface area is 83.4 Å². The second-order valence-electron chi connectivity index (χ2n) is 5.77. The molecule has 0 aromatic rings. The number of carbonyl (C=O) groups excluding carboxylic acids is 1. The van der Waals surface area contributed by atoms with Crippen LogP contribution < -0.4 is 0 Å². The van der Waals surface area contributed by atoms with Crippen molar-refractivity contribution in [2.75, 3.05) is 6.61 Å². The summed E-state index contributed by atoms with van der Waals surface area (Å²) in [5.41, 5.74) is 0.132. The summed E-state index contributed by atoms with van der Waals surface area (Å²) >= 11 is 0. The van der Waals surface area contributed by atoms with Crippen molar-refractivity contribution in [3.63, 3.8) is 0 Å². The van der Waals surface area contributed by atoms with Gasteiger partial charge in [-0.1, -0.05) is 0 Å². The smallest absolute Gasteiger partial charge is 0.229 e. The lowest BCUT2D eigenvalue weighted by atomic mass is 10.1. The van der Waals surface area contributed by atoms with Crippen molar-refractivity contribution in [3.05, 3.63) is 0 Å². The molecule has 4 aliphatic rings. The van der Waals surface area contributed by atoms with E-state index in [4.69, 9.17) is 4.74 Å². The molecule has 0 aromatic heterocycles. The standard InChI is InChI=1S/C11H15NO2/c1-10(2)12-6(5-14-10)7-8(9(12)13)11(7)3-4-11/h6-8H,3-5H2,1-2H3/t6-,7+,8+/m1/s1. The summed E-state index contributed by atoms with van der Waals surface area (Å²) in [4.78, 5) is 14.2. The zero-order chi connectivity index (χ0) is 9.72. The Kier molecular flexibility index (Phi) is 0.963. The Morgan fingerprint density at radius 3 is 2.79 bits per heavy atom. The van der Waals surface area contributed by atoms with Crippen LogP contribution in [0.3, 0.4) is 0 Å². The normalized spacial score (nSPS) is 49.4. The number of ether oxygens (including phenoxy) is 1. The van der Waals surface area contributed by atoms with E-state index < -0.39 is 0 Å². The molecule has 0 radical (unpaired) electrons. The molecule has 3 nitrogen and oxygen atoms in total. The topological polar surface area (TPSA) is 29.5 Å². The molecule has 0 N–H and O–H groups in total. The molecule has 2 heterocycles. The van der Waals surface area contributed by atoms with E-state index in [2.05, 4.69) is 0 Å². The highest BCUT2D eigenvalue weighted by atomic mass is 16.5. The molecule has 3 heteroatoms. The molecular formula is C11H15NO2. The first-order valence-corrected chi connectivity index (χ1v) is 5.55. The largest absolute Gasteiger partial charge is 0.354 e. The first-order chi connectivity index (χ1) is 6.58. The molecule has 4 rings (SSSR count). The highest BCUT2D eigenvalue weighted by molar-refractivity contribution is 5.89. The quantitative estimate of drug-likeness (QED) is 0.574. The number of amides is 1. The van der Waals surface area contributed by atoms with Crippen molar-refractivity contribution in [2.24, 2.45) is 17.3 Å². The monoisotopic (exact) mass is 193 g/mol. The van der Waals surface area contributed by atoms with Crippen LogP contribution in [0.5, 0.6) is 0 Å². The van der Waals surface area contributed by atoms with Crippen LogP contribution in [-0.4, -0.2) is 29.2 Å². The van der Waals surface area contributed by atoms with E-state index in [0.29, 0.717) is 29.2 Å². The SMILES string of the molecule is CC1(C)OC[C@@H]2[C@H]3[C@@H](C(=O)N21)C31CC1. The number of hydrogen-bond donors (Lipinski definition) is 0. The summed E-state index contributed by atoms with van der Waals surface area (Å²) in [6, 6.07) is 0.407. The number of fused-ring (bicyclic) bond motifs is 5. The maximum absolute atomic E-state index is 12.1. The average Bonchev–Trinajstić information content (AvgIpc) is 2.95. The number of nitrogens with zero attached hydrogens (tertiary/aromatic N) is 1. The van der Waals surface area contributed by atoms with Crippen LogP contribution in [0.1, 0.15) is 26.7 Å². The van der Waals surface area contributed by atoms with Crippen molar-refractivity contribution in [2.45, 2.75) is 38.5 Å². The molecule has 3 atom stereocenters. The van der Waals surface area contributed by atoms with Crippen LogP contribution in [-0.2, 0) is 9.53 Å². The summed E-state index contributed by atoms with van der Waals surface area (Å²) in [6.07, 6.45) is 2.58. The Bertz CT molecular complexity index is 345. The van der Waals surface area contributed by atoms with E-state index in [9.17, 15) is 4.79 Å². The molecular weight excluding hydrogens is 178 g/mol. The molecule has 1 amide bonds. The predicted octanol–water partition coefficient (Wildman–Crippen LogP) is 0.990. The van der Waals surface area contributed by atoms with Gasteiger partial charge in [0.15, 0.2) is 0 Å². The maximum atomic E-state index is 12.1. The van der Waals surface area contributed by atoms with Gasteiger partial charge in [0.2, 0.25) is 5.91 Å². The molecule has 14 heavy (non-hydrogen) atoms. The van der Waals surface area contributed by atoms with Crippen LogP contribution in [0.2, 0.25) is 0 Å². The van der Waals surface area contributed by atoms with Crippen molar-refractivity contribution < 1.29 is 9.53 Å². The highest BCUT2D eigenvalue weighted by Gasteiger charge is 2.83. The van der Waals surface area contributed by atoms with Gasteiger partial charge in [0, 0.05) is 11.8 Å². The summed E-state index contributed by atoms with van der Waals surface area (Å²) in [5.74, 6) is 1.41. The molecule has 2 aliphatic carbocycles. The van der Waals surface area contributed by atoms with Gasteiger partial charge < -0.3 is 9.64 Å². The molecule has 0 aromatic carbocycles. The summed E-state index contributed by atoms with van der Waals surface area (Å²) in [7, 11) is 0. The molecule has 0 unspecified atom stereocenters. The van der Waals surface area contributed by atoms with Gasteiger partial charge in [-0.25, -0.2) is 0 Å². The summed E-state index contributed by atoms with van der Waals surface area (Å²) in [6.45, 7) is 4.78. The molecule has 1 spiro atoms. The van der Waals surface area contributed by atoms with Gasteiger partial charge in [0.05, 0.1) is 12.6 Å². The third-order valence-corrected chi connectivity index (χ3v) is 4.80. The lowest BCUT2D eigenvalue weighted by molar-refractivity contribution is -0.145. The fourth-order valence-corrected chi connectivity index (χ4v) is 3.99. The van der Waals surface area contributed by atoms with Crippen molar-refractivity contribution in [1.29, 1.82) is 0 Å². The van der Waals surface area contributed by atoms with E-state index in [1.165, 1.54) is 12.8 Å². The number of carbonyl (C=O) groups is 1. The van der Waals surface area contributed by atoms with E-state index >= 15 is 0 Å². The van der Waals surface area contributed by atoms with Crippen LogP contribution in [0.25, 0.3) is 0 Å². The Morgan fingerprint density at radius 2 is 2.14 bits per heavy atom. The lowest BCUT2D eigenvalue weighted by Crippen LogP contribution is -2.46. The molecule has 4 fully saturated rings. The molecule has 76 valence electrons. The number of rotatable bonds is 0. The first-order valence-electron chi connectivity index (χ1n) is 5.55. The minimum atomic E-state index is -0.342. The minimum Gasteiger partial charge on any atom is -0.354 e. The van der Waals surface area contributed by atoms with Crippen molar-refractivity contribution in [1.82, 2.24) is 4.90 Å². The van der Waals surface area contributed by atoms with E-state index in [-0.39, 0.29) is 5.72 Å². The maximum Gasteiger partial charge on any atom is 0.229 e. The van der Waals surface area contributed by atoms with Gasteiger partial charge in [-0.3, -0.25) is 4.79 Å². The Balaban J connectivity index is 1.75. The van der Waals surface area contributed by atoms with Crippen molar-refractivity contribution >= 4 is 5.91 Å². The van der Waals surface area contributed by atoms with E-state index in [1.807, 2.05) is 18.7 Å². The lowest BCUT2D eigenvalue weighted by Gasteiger charge is -2.31. The van der Waals surface area contributed by atoms with Crippen LogP contribution in [0.15, 0.2) is 0 Å². The first kappa shape index (κ1) is 7.69. The van der Waals surface area contributed by atoms with Gasteiger partial charge in [-0.15, -0.1) is 0 Å². The molecule has 0 bridgehead atoms. The highest BCUT2D eigenvalue weighted by Crippen LogP contribution is 2.80. The number of hydrogen-bond acceptors (Lipinski definition) is 2. The van der Waals surface area contributed by atoms with Gasteiger partial charge in [-0.05, 0) is 32.1 Å². The van der Waals surface area contributed by atoms with Crippen LogP contribution in [0, 0.1) is 17.3 Å². The fraction of sp³-hybridized carbons (Fsp3) is 0.909. The predicted molar refractivity (Wildman–Crippen MR) is 49.3 cm³/mol. The third kappa shape index (κ3) is 0.577. The fourth-order valence-electron chi connectivity index (χ4n) is 3.99. The zero-order valence-electron chi connectivity index (χ0n) is 8.62. The second-order valence-corrected chi connectivity index (χ2v) is 5.77. The van der Waals surface area contributed by atoms with Crippen LogP contribution >= 0.6 is 0 Å². The van der Waals surface area contributed by atoms with Crippen LogP contribution in [0.4, 0.5) is 0 Å². The van der Waals surface area contributed by atoms with Gasteiger partial charge in [-0.2, -0.15) is 0 Å².